The highest BCUT2D eigenvalue weighted by Gasteiger charge is 2.15. The van der Waals surface area contributed by atoms with Crippen molar-refractivity contribution >= 4 is 57.5 Å². The van der Waals surface area contributed by atoms with Crippen LogP contribution in [0.25, 0.3) is 0 Å². The topological polar surface area (TPSA) is 88.9 Å². The first-order valence-electron chi connectivity index (χ1n) is 9.67. The summed E-state index contributed by atoms with van der Waals surface area (Å²) in [5.41, 5.74) is 4.78. The lowest BCUT2D eigenvalue weighted by Gasteiger charge is -2.12. The Hall–Kier alpha value is -2.40. The predicted octanol–water partition coefficient (Wildman–Crippen LogP) is 4.26. The number of halogens is 1. The molecule has 0 fully saturated rings. The van der Waals surface area contributed by atoms with Crippen molar-refractivity contribution in [3.63, 3.8) is 0 Å². The largest absolute Gasteiger partial charge is 0.326 e. The second-order valence-corrected chi connectivity index (χ2v) is 9.49. The van der Waals surface area contributed by atoms with Crippen LogP contribution in [0, 0.1) is 24.3 Å². The summed E-state index contributed by atoms with van der Waals surface area (Å²) < 4.78 is 2.88. The number of aromatic nitrogens is 3. The predicted molar refractivity (Wildman–Crippen MR) is 133 cm³/mol. The van der Waals surface area contributed by atoms with E-state index in [9.17, 15) is 9.59 Å². The van der Waals surface area contributed by atoms with Crippen molar-refractivity contribution in [3.8, 4) is 0 Å². The number of hydrogen-bond acceptors (Lipinski definition) is 5. The summed E-state index contributed by atoms with van der Waals surface area (Å²) >= 11 is 3.55. The number of anilines is 2. The van der Waals surface area contributed by atoms with E-state index in [-0.39, 0.29) is 24.0 Å². The molecule has 7 nitrogen and oxygen atoms in total. The van der Waals surface area contributed by atoms with Crippen LogP contribution in [0.1, 0.15) is 22.5 Å². The number of nitrogens with one attached hydrogen (secondary N) is 2. The van der Waals surface area contributed by atoms with Gasteiger partial charge in [0, 0.05) is 22.0 Å². The van der Waals surface area contributed by atoms with Crippen molar-refractivity contribution in [1.29, 1.82) is 0 Å². The Morgan fingerprint density at radius 3 is 2.29 bits per heavy atom. The summed E-state index contributed by atoms with van der Waals surface area (Å²) in [6.07, 6.45) is 0.102. The number of hydrogen-bond donors (Lipinski definition) is 2. The van der Waals surface area contributed by atoms with Crippen LogP contribution >= 0.6 is 34.4 Å². The number of amides is 2. The van der Waals surface area contributed by atoms with Gasteiger partial charge in [-0.1, -0.05) is 29.5 Å². The van der Waals surface area contributed by atoms with Gasteiger partial charge in [0.05, 0.1) is 12.2 Å². The van der Waals surface area contributed by atoms with E-state index in [0.29, 0.717) is 11.0 Å². The van der Waals surface area contributed by atoms with Gasteiger partial charge in [0.15, 0.2) is 5.16 Å². The molecule has 162 valence electrons. The Kier molecular flexibility index (Phi) is 7.71. The number of aryl methyl sites for hydroxylation is 3. The zero-order valence-corrected chi connectivity index (χ0v) is 20.8. The van der Waals surface area contributed by atoms with Crippen LogP contribution in [0.2, 0.25) is 0 Å². The molecule has 2 amide bonds. The molecule has 0 unspecified atom stereocenters. The molecule has 0 spiro atoms. The third-order valence-corrected chi connectivity index (χ3v) is 6.32. The minimum atomic E-state index is -0.168. The summed E-state index contributed by atoms with van der Waals surface area (Å²) in [5, 5.41) is 14.7. The van der Waals surface area contributed by atoms with Crippen molar-refractivity contribution < 1.29 is 9.59 Å². The second-order valence-electron chi connectivity index (χ2n) is 7.30. The first-order valence-corrected chi connectivity index (χ1v) is 11.7. The maximum absolute atomic E-state index is 12.4. The van der Waals surface area contributed by atoms with E-state index >= 15 is 0 Å². The summed E-state index contributed by atoms with van der Waals surface area (Å²) in [5.74, 6) is 0.459. The third-order valence-electron chi connectivity index (χ3n) is 4.67. The zero-order chi connectivity index (χ0) is 22.5. The molecule has 0 atom stereocenters. The van der Waals surface area contributed by atoms with E-state index in [1.807, 2.05) is 57.2 Å². The van der Waals surface area contributed by atoms with Gasteiger partial charge in [0.2, 0.25) is 11.8 Å². The fourth-order valence-corrected chi connectivity index (χ4v) is 4.69. The van der Waals surface area contributed by atoms with E-state index < -0.39 is 0 Å². The van der Waals surface area contributed by atoms with Crippen LogP contribution < -0.4 is 10.6 Å². The highest BCUT2D eigenvalue weighted by molar-refractivity contribution is 14.1. The number of rotatable bonds is 7. The third kappa shape index (κ3) is 6.30. The van der Waals surface area contributed by atoms with E-state index in [1.165, 1.54) is 11.8 Å². The van der Waals surface area contributed by atoms with E-state index in [0.717, 1.165) is 31.6 Å². The van der Waals surface area contributed by atoms with Crippen molar-refractivity contribution in [2.24, 2.45) is 7.05 Å². The van der Waals surface area contributed by atoms with Crippen LogP contribution in [0.4, 0.5) is 11.4 Å². The molecule has 0 aliphatic carbocycles. The van der Waals surface area contributed by atoms with Gasteiger partial charge in [-0.3, -0.25) is 9.59 Å². The molecule has 31 heavy (non-hydrogen) atoms. The van der Waals surface area contributed by atoms with Crippen molar-refractivity contribution in [2.45, 2.75) is 32.3 Å². The number of carbonyl (C=O) groups excluding carboxylic acids is 2. The lowest BCUT2D eigenvalue weighted by Crippen LogP contribution is -2.17. The summed E-state index contributed by atoms with van der Waals surface area (Å²) in [4.78, 5) is 24.8. The molecule has 3 aromatic rings. The van der Waals surface area contributed by atoms with Crippen LogP contribution in [0.15, 0.2) is 41.6 Å². The van der Waals surface area contributed by atoms with Gasteiger partial charge in [-0.15, -0.1) is 10.2 Å². The summed E-state index contributed by atoms with van der Waals surface area (Å²) in [6.45, 7) is 5.95. The van der Waals surface area contributed by atoms with Gasteiger partial charge in [0.25, 0.3) is 0 Å². The smallest absolute Gasteiger partial charge is 0.234 e. The summed E-state index contributed by atoms with van der Waals surface area (Å²) in [7, 11) is 1.79. The van der Waals surface area contributed by atoms with Crippen LogP contribution in [-0.2, 0) is 23.1 Å². The molecule has 9 heteroatoms. The Morgan fingerprint density at radius 2 is 1.65 bits per heavy atom. The molecule has 2 N–H and O–H groups in total. The molecule has 0 saturated carbocycles. The molecule has 0 bridgehead atoms. The van der Waals surface area contributed by atoms with Gasteiger partial charge in [-0.05, 0) is 78.8 Å². The fourth-order valence-electron chi connectivity index (χ4n) is 3.02. The first kappa shape index (κ1) is 23.3. The van der Waals surface area contributed by atoms with E-state index in [1.54, 1.807) is 11.6 Å². The van der Waals surface area contributed by atoms with Crippen molar-refractivity contribution in [1.82, 2.24) is 14.8 Å². The SMILES string of the molecule is Cc1ccc(NC(=O)Cc2nnc(SCC(=O)Nc3c(C)cc(I)cc3C)n2C)cc1. The lowest BCUT2D eigenvalue weighted by molar-refractivity contribution is -0.116. The molecular weight excluding hydrogens is 525 g/mol. The Bertz CT molecular complexity index is 1090. The highest BCUT2D eigenvalue weighted by atomic mass is 127. The lowest BCUT2D eigenvalue weighted by atomic mass is 10.1. The van der Waals surface area contributed by atoms with Crippen molar-refractivity contribution in [2.75, 3.05) is 16.4 Å². The van der Waals surface area contributed by atoms with Gasteiger partial charge in [0.1, 0.15) is 5.82 Å². The normalized spacial score (nSPS) is 10.7. The first-order chi connectivity index (χ1) is 14.7. The summed E-state index contributed by atoms with van der Waals surface area (Å²) in [6, 6.07) is 11.7. The molecule has 0 aliphatic rings. The molecule has 2 aromatic carbocycles. The van der Waals surface area contributed by atoms with Crippen LogP contribution in [-0.4, -0.2) is 32.3 Å². The highest BCUT2D eigenvalue weighted by Crippen LogP contribution is 2.24. The average molecular weight is 549 g/mol. The van der Waals surface area contributed by atoms with E-state index in [4.69, 9.17) is 0 Å². The number of nitrogens with zero attached hydrogens (tertiary/aromatic N) is 3. The Morgan fingerprint density at radius 1 is 1.00 bits per heavy atom. The number of carbonyl (C=O) groups is 2. The fraction of sp³-hybridized carbons (Fsp3) is 0.273. The van der Waals surface area contributed by atoms with E-state index in [2.05, 4.69) is 43.4 Å². The zero-order valence-electron chi connectivity index (χ0n) is 17.8. The van der Waals surface area contributed by atoms with Gasteiger partial charge >= 0.3 is 0 Å². The molecule has 1 heterocycles. The monoisotopic (exact) mass is 549 g/mol. The van der Waals surface area contributed by atoms with Crippen LogP contribution in [0.3, 0.4) is 0 Å². The standard InChI is InChI=1S/C22H24IN5O2S/c1-13-5-7-17(8-6-13)24-19(29)11-18-26-27-22(28(18)4)31-12-20(30)25-21-14(2)9-16(23)10-15(21)3/h5-10H,11-12H2,1-4H3,(H,24,29)(H,25,30). The molecule has 3 rings (SSSR count). The number of benzene rings is 2. The quantitative estimate of drug-likeness (QED) is 0.340. The second kappa shape index (κ2) is 10.3. The molecule has 0 radical (unpaired) electrons. The molecule has 0 aliphatic heterocycles. The maximum Gasteiger partial charge on any atom is 0.234 e. The molecule has 0 saturated heterocycles. The van der Waals surface area contributed by atoms with Crippen molar-refractivity contribution in [3.05, 3.63) is 62.5 Å². The Labute approximate surface area is 199 Å². The minimum Gasteiger partial charge on any atom is -0.326 e. The molecular formula is C22H24IN5O2S. The average Bonchev–Trinajstić information content (AvgIpc) is 3.04. The maximum atomic E-state index is 12.4. The Balaban J connectivity index is 1.56. The van der Waals surface area contributed by atoms with Gasteiger partial charge in [-0.2, -0.15) is 0 Å². The minimum absolute atomic E-state index is 0.102. The van der Waals surface area contributed by atoms with Gasteiger partial charge < -0.3 is 15.2 Å². The molecule has 1 aromatic heterocycles. The number of thioether (sulfide) groups is 1. The van der Waals surface area contributed by atoms with Crippen LogP contribution in [0.5, 0.6) is 0 Å². The van der Waals surface area contributed by atoms with Gasteiger partial charge in [-0.25, -0.2) is 0 Å².